The van der Waals surface area contributed by atoms with Gasteiger partial charge < -0.3 is 10.6 Å². The first-order valence-electron chi connectivity index (χ1n) is 5.70. The van der Waals surface area contributed by atoms with E-state index < -0.39 is 11.6 Å². The lowest BCUT2D eigenvalue weighted by molar-refractivity contribution is 0.586. The van der Waals surface area contributed by atoms with Crippen LogP contribution in [-0.4, -0.2) is 11.5 Å². The van der Waals surface area contributed by atoms with Crippen LogP contribution in [0, 0.1) is 11.6 Å². The average Bonchev–Trinajstić information content (AvgIpc) is 2.35. The van der Waals surface area contributed by atoms with Crippen molar-refractivity contribution in [2.75, 3.05) is 17.2 Å². The molecule has 0 radical (unpaired) electrons. The summed E-state index contributed by atoms with van der Waals surface area (Å²) in [7, 11) is 0. The van der Waals surface area contributed by atoms with Gasteiger partial charge in [-0.05, 0) is 19.1 Å². The van der Waals surface area contributed by atoms with Crippen LogP contribution in [0.5, 0.6) is 0 Å². The Morgan fingerprint density at radius 2 is 1.89 bits per heavy atom. The number of nitrogens with zero attached hydrogens (tertiary/aromatic N) is 1. The monoisotopic (exact) mass is 283 g/mol. The van der Waals surface area contributed by atoms with E-state index >= 15 is 0 Å². The molecule has 0 aliphatic rings. The summed E-state index contributed by atoms with van der Waals surface area (Å²) in [5, 5.41) is 5.85. The maximum Gasteiger partial charge on any atom is 0.151 e. The van der Waals surface area contributed by atoms with E-state index in [0.29, 0.717) is 5.69 Å². The quantitative estimate of drug-likeness (QED) is 0.883. The second kappa shape index (κ2) is 5.84. The second-order valence-corrected chi connectivity index (χ2v) is 4.27. The first-order chi connectivity index (χ1) is 9.10. The molecule has 0 atom stereocenters. The number of halogens is 3. The van der Waals surface area contributed by atoms with Crippen molar-refractivity contribution in [2.24, 2.45) is 0 Å². The predicted octanol–water partition coefficient (Wildman–Crippen LogP) is 4.19. The molecular formula is C13H12ClF2N3. The molecule has 2 N–H and O–H groups in total. The van der Waals surface area contributed by atoms with Crippen molar-refractivity contribution in [3.8, 4) is 0 Å². The number of rotatable bonds is 4. The smallest absolute Gasteiger partial charge is 0.151 e. The van der Waals surface area contributed by atoms with Crippen LogP contribution < -0.4 is 10.6 Å². The molecule has 0 aliphatic carbocycles. The summed E-state index contributed by atoms with van der Waals surface area (Å²) in [6.07, 6.45) is 3.18. The van der Waals surface area contributed by atoms with Gasteiger partial charge >= 0.3 is 0 Å². The minimum atomic E-state index is -0.751. The third-order valence-electron chi connectivity index (χ3n) is 2.40. The number of hydrogen-bond donors (Lipinski definition) is 2. The molecule has 0 unspecified atom stereocenters. The molecule has 3 nitrogen and oxygen atoms in total. The summed E-state index contributed by atoms with van der Waals surface area (Å²) in [5.74, 6) is -1.47. The second-order valence-electron chi connectivity index (χ2n) is 3.86. The summed E-state index contributed by atoms with van der Waals surface area (Å²) in [6, 6.07) is 3.58. The van der Waals surface area contributed by atoms with Crippen LogP contribution in [0.3, 0.4) is 0 Å². The predicted molar refractivity (Wildman–Crippen MR) is 73.1 cm³/mol. The molecule has 1 heterocycles. The molecule has 0 saturated heterocycles. The van der Waals surface area contributed by atoms with E-state index in [1.807, 2.05) is 6.92 Å². The summed E-state index contributed by atoms with van der Waals surface area (Å²) < 4.78 is 26.6. The largest absolute Gasteiger partial charge is 0.384 e. The Hall–Kier alpha value is -1.88. The molecule has 0 amide bonds. The minimum absolute atomic E-state index is 0.0219. The Kier molecular flexibility index (Phi) is 4.16. The molecule has 0 saturated carbocycles. The van der Waals surface area contributed by atoms with Crippen molar-refractivity contribution in [1.29, 1.82) is 0 Å². The van der Waals surface area contributed by atoms with Crippen molar-refractivity contribution in [3.05, 3.63) is 47.2 Å². The van der Waals surface area contributed by atoms with E-state index in [1.165, 1.54) is 6.20 Å². The Labute approximate surface area is 114 Å². The highest BCUT2D eigenvalue weighted by molar-refractivity contribution is 6.33. The van der Waals surface area contributed by atoms with E-state index in [9.17, 15) is 8.78 Å². The summed E-state index contributed by atoms with van der Waals surface area (Å²) >= 11 is 5.81. The van der Waals surface area contributed by atoms with Gasteiger partial charge in [0.05, 0.1) is 34.5 Å². The van der Waals surface area contributed by atoms with Crippen molar-refractivity contribution in [3.63, 3.8) is 0 Å². The summed E-state index contributed by atoms with van der Waals surface area (Å²) in [5.41, 5.74) is 1.38. The Morgan fingerprint density at radius 1 is 1.16 bits per heavy atom. The zero-order chi connectivity index (χ0) is 13.8. The van der Waals surface area contributed by atoms with E-state index in [4.69, 9.17) is 11.6 Å². The van der Waals surface area contributed by atoms with Crippen LogP contribution in [0.25, 0.3) is 0 Å². The van der Waals surface area contributed by atoms with Crippen LogP contribution in [0.2, 0.25) is 5.02 Å². The molecule has 0 aliphatic heterocycles. The fraction of sp³-hybridized carbons (Fsp3) is 0.154. The SMILES string of the molecule is CCNc1cncc(Nc2c(F)cc(F)cc2Cl)c1. The van der Waals surface area contributed by atoms with Crippen molar-refractivity contribution in [2.45, 2.75) is 6.92 Å². The van der Waals surface area contributed by atoms with Crippen molar-refractivity contribution < 1.29 is 8.78 Å². The Balaban J connectivity index is 2.28. The van der Waals surface area contributed by atoms with Gasteiger partial charge in [0.15, 0.2) is 5.82 Å². The molecule has 0 bridgehead atoms. The van der Waals surface area contributed by atoms with Crippen LogP contribution >= 0.6 is 11.6 Å². The van der Waals surface area contributed by atoms with Gasteiger partial charge in [-0.15, -0.1) is 0 Å². The molecule has 19 heavy (non-hydrogen) atoms. The van der Waals surface area contributed by atoms with Gasteiger partial charge in [0, 0.05) is 12.6 Å². The van der Waals surface area contributed by atoms with Gasteiger partial charge in [0.1, 0.15) is 5.82 Å². The zero-order valence-electron chi connectivity index (χ0n) is 10.2. The van der Waals surface area contributed by atoms with Crippen molar-refractivity contribution in [1.82, 2.24) is 4.98 Å². The highest BCUT2D eigenvalue weighted by atomic mass is 35.5. The molecule has 6 heteroatoms. The van der Waals surface area contributed by atoms with E-state index in [2.05, 4.69) is 15.6 Å². The normalized spacial score (nSPS) is 10.3. The van der Waals surface area contributed by atoms with Gasteiger partial charge in [-0.25, -0.2) is 8.78 Å². The number of pyridine rings is 1. The molecule has 0 spiro atoms. The fourth-order valence-corrected chi connectivity index (χ4v) is 1.86. The van der Waals surface area contributed by atoms with Gasteiger partial charge in [-0.1, -0.05) is 11.6 Å². The first-order valence-corrected chi connectivity index (χ1v) is 6.08. The van der Waals surface area contributed by atoms with Gasteiger partial charge in [0.25, 0.3) is 0 Å². The Morgan fingerprint density at radius 3 is 2.58 bits per heavy atom. The number of benzene rings is 1. The molecule has 100 valence electrons. The third-order valence-corrected chi connectivity index (χ3v) is 2.69. The number of aromatic nitrogens is 1. The lowest BCUT2D eigenvalue weighted by atomic mass is 10.2. The molecule has 2 aromatic rings. The molecule has 2 rings (SSSR count). The fourth-order valence-electron chi connectivity index (χ4n) is 1.62. The highest BCUT2D eigenvalue weighted by Gasteiger charge is 2.10. The zero-order valence-corrected chi connectivity index (χ0v) is 10.9. The van der Waals surface area contributed by atoms with Gasteiger partial charge in [0.2, 0.25) is 0 Å². The van der Waals surface area contributed by atoms with Crippen LogP contribution in [0.4, 0.5) is 25.8 Å². The van der Waals surface area contributed by atoms with E-state index in [0.717, 1.165) is 24.4 Å². The van der Waals surface area contributed by atoms with E-state index in [1.54, 1.807) is 12.3 Å². The Bertz CT molecular complexity index is 567. The average molecular weight is 284 g/mol. The maximum atomic E-state index is 13.6. The van der Waals surface area contributed by atoms with Gasteiger partial charge in [-0.2, -0.15) is 0 Å². The number of hydrogen-bond acceptors (Lipinski definition) is 3. The third kappa shape index (κ3) is 3.32. The topological polar surface area (TPSA) is 37.0 Å². The summed E-state index contributed by atoms with van der Waals surface area (Å²) in [4.78, 5) is 4.01. The highest BCUT2D eigenvalue weighted by Crippen LogP contribution is 2.29. The molecular weight excluding hydrogens is 272 g/mol. The minimum Gasteiger partial charge on any atom is -0.384 e. The van der Waals surface area contributed by atoms with Gasteiger partial charge in [-0.3, -0.25) is 4.98 Å². The number of anilines is 3. The summed E-state index contributed by atoms with van der Waals surface area (Å²) in [6.45, 7) is 2.70. The standard InChI is InChI=1S/C13H12ClF2N3/c1-2-18-9-5-10(7-17-6-9)19-13-11(14)3-8(15)4-12(13)16/h3-7,18-19H,2H2,1H3. The maximum absolute atomic E-state index is 13.6. The molecule has 1 aromatic heterocycles. The lowest BCUT2D eigenvalue weighted by Crippen LogP contribution is -2.00. The van der Waals surface area contributed by atoms with Crippen molar-refractivity contribution >= 4 is 28.7 Å². The first kappa shape index (κ1) is 13.5. The molecule has 1 aromatic carbocycles. The van der Waals surface area contributed by atoms with Crippen LogP contribution in [0.1, 0.15) is 6.92 Å². The number of nitrogens with one attached hydrogen (secondary N) is 2. The van der Waals surface area contributed by atoms with Crippen LogP contribution in [0.15, 0.2) is 30.6 Å². The van der Waals surface area contributed by atoms with Crippen LogP contribution in [-0.2, 0) is 0 Å². The lowest BCUT2D eigenvalue weighted by Gasteiger charge is -2.11. The van der Waals surface area contributed by atoms with E-state index in [-0.39, 0.29) is 10.7 Å². The molecule has 0 fully saturated rings.